The first-order valence-corrected chi connectivity index (χ1v) is 5.37. The van der Waals surface area contributed by atoms with Gasteiger partial charge in [0.15, 0.2) is 0 Å². The minimum Gasteiger partial charge on any atom is -0.355 e. The van der Waals surface area contributed by atoms with Crippen molar-refractivity contribution in [3.63, 3.8) is 0 Å². The molecule has 0 aromatic carbocycles. The Bertz CT molecular complexity index is 232. The van der Waals surface area contributed by atoms with Crippen molar-refractivity contribution in [2.75, 3.05) is 6.54 Å². The molecule has 1 aliphatic rings. The SMILES string of the molecule is CC1CCCCC1CNC(=O)CC#N. The number of hydrogen-bond acceptors (Lipinski definition) is 2. The number of rotatable bonds is 3. The molecule has 0 saturated heterocycles. The highest BCUT2D eigenvalue weighted by atomic mass is 16.1. The van der Waals surface area contributed by atoms with Crippen LogP contribution in [0.5, 0.6) is 0 Å². The number of carbonyl (C=O) groups is 1. The monoisotopic (exact) mass is 194 g/mol. The number of amides is 1. The summed E-state index contributed by atoms with van der Waals surface area (Å²) >= 11 is 0. The van der Waals surface area contributed by atoms with Crippen LogP contribution in [0.15, 0.2) is 0 Å². The molecule has 14 heavy (non-hydrogen) atoms. The molecule has 2 atom stereocenters. The summed E-state index contributed by atoms with van der Waals surface area (Å²) in [6, 6.07) is 1.85. The van der Waals surface area contributed by atoms with Crippen LogP contribution in [-0.2, 0) is 4.79 Å². The van der Waals surface area contributed by atoms with Crippen LogP contribution < -0.4 is 5.32 Å². The molecule has 0 radical (unpaired) electrons. The summed E-state index contributed by atoms with van der Waals surface area (Å²) in [5.41, 5.74) is 0. The lowest BCUT2D eigenvalue weighted by Crippen LogP contribution is -2.33. The lowest BCUT2D eigenvalue weighted by Gasteiger charge is -2.28. The van der Waals surface area contributed by atoms with Gasteiger partial charge in [-0.2, -0.15) is 5.26 Å². The number of carbonyl (C=O) groups excluding carboxylic acids is 1. The molecule has 3 nitrogen and oxygen atoms in total. The Morgan fingerprint density at radius 1 is 1.50 bits per heavy atom. The van der Waals surface area contributed by atoms with Crippen LogP contribution in [-0.4, -0.2) is 12.5 Å². The van der Waals surface area contributed by atoms with E-state index in [-0.39, 0.29) is 12.3 Å². The van der Waals surface area contributed by atoms with Gasteiger partial charge >= 0.3 is 0 Å². The highest BCUT2D eigenvalue weighted by Gasteiger charge is 2.21. The van der Waals surface area contributed by atoms with Crippen LogP contribution in [0.1, 0.15) is 39.0 Å². The Balaban J connectivity index is 2.23. The normalized spacial score (nSPS) is 26.6. The van der Waals surface area contributed by atoms with E-state index in [1.54, 1.807) is 0 Å². The highest BCUT2D eigenvalue weighted by Crippen LogP contribution is 2.28. The standard InChI is InChI=1S/C11H18N2O/c1-9-4-2-3-5-10(9)8-13-11(14)6-7-12/h9-10H,2-6,8H2,1H3,(H,13,14). The molecule has 1 N–H and O–H groups in total. The van der Waals surface area contributed by atoms with Gasteiger partial charge in [-0.05, 0) is 18.3 Å². The predicted octanol–water partition coefficient (Wildman–Crippen LogP) is 1.84. The molecule has 1 aliphatic carbocycles. The fraction of sp³-hybridized carbons (Fsp3) is 0.818. The Morgan fingerprint density at radius 3 is 2.86 bits per heavy atom. The van der Waals surface area contributed by atoms with Crippen molar-refractivity contribution >= 4 is 5.91 Å². The largest absolute Gasteiger partial charge is 0.355 e. The maximum atomic E-state index is 11.1. The summed E-state index contributed by atoms with van der Waals surface area (Å²) in [6.07, 6.45) is 5.08. The zero-order valence-electron chi connectivity index (χ0n) is 8.75. The van der Waals surface area contributed by atoms with Gasteiger partial charge < -0.3 is 5.32 Å². The van der Waals surface area contributed by atoms with E-state index in [2.05, 4.69) is 12.2 Å². The molecule has 1 fully saturated rings. The van der Waals surface area contributed by atoms with Gasteiger partial charge in [0.2, 0.25) is 5.91 Å². The fourth-order valence-corrected chi connectivity index (χ4v) is 2.08. The molecule has 1 rings (SSSR count). The highest BCUT2D eigenvalue weighted by molar-refractivity contribution is 5.77. The number of nitrogens with one attached hydrogen (secondary N) is 1. The van der Waals surface area contributed by atoms with Gasteiger partial charge in [0.25, 0.3) is 0 Å². The summed E-state index contributed by atoms with van der Waals surface area (Å²) in [6.45, 7) is 3.00. The maximum Gasteiger partial charge on any atom is 0.234 e. The minimum atomic E-state index is -0.134. The fourth-order valence-electron chi connectivity index (χ4n) is 2.08. The first-order valence-electron chi connectivity index (χ1n) is 5.37. The van der Waals surface area contributed by atoms with E-state index in [4.69, 9.17) is 5.26 Å². The van der Waals surface area contributed by atoms with E-state index in [1.807, 2.05) is 6.07 Å². The Morgan fingerprint density at radius 2 is 2.21 bits per heavy atom. The third-order valence-corrected chi connectivity index (χ3v) is 3.09. The van der Waals surface area contributed by atoms with Crippen LogP contribution in [0.25, 0.3) is 0 Å². The maximum absolute atomic E-state index is 11.1. The van der Waals surface area contributed by atoms with Crippen LogP contribution in [0, 0.1) is 23.2 Å². The summed E-state index contributed by atoms with van der Waals surface area (Å²) < 4.78 is 0. The lowest BCUT2D eigenvalue weighted by molar-refractivity contribution is -0.120. The third-order valence-electron chi connectivity index (χ3n) is 3.09. The van der Waals surface area contributed by atoms with Crippen molar-refractivity contribution in [1.29, 1.82) is 5.26 Å². The van der Waals surface area contributed by atoms with Crippen molar-refractivity contribution < 1.29 is 4.79 Å². The molecule has 1 amide bonds. The molecule has 3 heteroatoms. The van der Waals surface area contributed by atoms with Gasteiger partial charge in [-0.1, -0.05) is 26.2 Å². The smallest absolute Gasteiger partial charge is 0.234 e. The Hall–Kier alpha value is -1.04. The van der Waals surface area contributed by atoms with Gasteiger partial charge in [-0.25, -0.2) is 0 Å². The topological polar surface area (TPSA) is 52.9 Å². The molecule has 78 valence electrons. The molecule has 0 heterocycles. The summed E-state index contributed by atoms with van der Waals surface area (Å²) in [7, 11) is 0. The van der Waals surface area contributed by atoms with Crippen molar-refractivity contribution in [2.45, 2.75) is 39.0 Å². The third kappa shape index (κ3) is 3.37. The van der Waals surface area contributed by atoms with E-state index in [1.165, 1.54) is 25.7 Å². The van der Waals surface area contributed by atoms with Crippen LogP contribution >= 0.6 is 0 Å². The van der Waals surface area contributed by atoms with Gasteiger partial charge in [0.05, 0.1) is 6.07 Å². The number of nitrogens with zero attached hydrogens (tertiary/aromatic N) is 1. The van der Waals surface area contributed by atoms with Crippen molar-refractivity contribution in [1.82, 2.24) is 5.32 Å². The second-order valence-corrected chi connectivity index (χ2v) is 4.16. The Kier molecular flexibility index (Phi) is 4.45. The van der Waals surface area contributed by atoms with Gasteiger partial charge in [-0.15, -0.1) is 0 Å². The minimum absolute atomic E-state index is 0.0128. The second-order valence-electron chi connectivity index (χ2n) is 4.16. The number of nitriles is 1. The average Bonchev–Trinajstić information content (AvgIpc) is 2.17. The first-order chi connectivity index (χ1) is 6.74. The van der Waals surface area contributed by atoms with Crippen LogP contribution in [0.2, 0.25) is 0 Å². The molecular formula is C11H18N2O. The van der Waals surface area contributed by atoms with E-state index in [9.17, 15) is 4.79 Å². The zero-order chi connectivity index (χ0) is 10.4. The predicted molar refractivity (Wildman–Crippen MR) is 54.4 cm³/mol. The second kappa shape index (κ2) is 5.64. The zero-order valence-corrected chi connectivity index (χ0v) is 8.75. The van der Waals surface area contributed by atoms with E-state index in [0.29, 0.717) is 11.8 Å². The molecule has 2 unspecified atom stereocenters. The van der Waals surface area contributed by atoms with Crippen molar-refractivity contribution in [2.24, 2.45) is 11.8 Å². The lowest BCUT2D eigenvalue weighted by atomic mass is 9.80. The number of hydrogen-bond donors (Lipinski definition) is 1. The average molecular weight is 194 g/mol. The molecule has 0 aromatic heterocycles. The molecule has 1 saturated carbocycles. The van der Waals surface area contributed by atoms with Crippen molar-refractivity contribution in [3.8, 4) is 6.07 Å². The molecule has 0 spiro atoms. The molecule has 0 bridgehead atoms. The summed E-state index contributed by atoms with van der Waals surface area (Å²) in [5, 5.41) is 11.1. The quantitative estimate of drug-likeness (QED) is 0.745. The first kappa shape index (κ1) is 11.0. The van der Waals surface area contributed by atoms with E-state index in [0.717, 1.165) is 6.54 Å². The Labute approximate surface area is 85.5 Å². The van der Waals surface area contributed by atoms with Gasteiger partial charge in [0, 0.05) is 6.54 Å². The summed E-state index contributed by atoms with van der Waals surface area (Å²) in [5.74, 6) is 1.20. The van der Waals surface area contributed by atoms with E-state index < -0.39 is 0 Å². The summed E-state index contributed by atoms with van der Waals surface area (Å²) in [4.78, 5) is 11.1. The molecule has 0 aliphatic heterocycles. The van der Waals surface area contributed by atoms with E-state index >= 15 is 0 Å². The van der Waals surface area contributed by atoms with Crippen LogP contribution in [0.3, 0.4) is 0 Å². The van der Waals surface area contributed by atoms with Crippen LogP contribution in [0.4, 0.5) is 0 Å². The van der Waals surface area contributed by atoms with Gasteiger partial charge in [0.1, 0.15) is 6.42 Å². The van der Waals surface area contributed by atoms with Gasteiger partial charge in [-0.3, -0.25) is 4.79 Å². The molecular weight excluding hydrogens is 176 g/mol. The molecule has 0 aromatic rings. The van der Waals surface area contributed by atoms with Crippen molar-refractivity contribution in [3.05, 3.63) is 0 Å².